The molecule has 3 nitrogen and oxygen atoms in total. The number of anilines is 1. The average Bonchev–Trinajstić information content (AvgIpc) is 2.64. The Balaban J connectivity index is 2.14. The zero-order chi connectivity index (χ0) is 13.1. The van der Waals surface area contributed by atoms with Crippen LogP contribution in [0.15, 0.2) is 35.4 Å². The summed E-state index contributed by atoms with van der Waals surface area (Å²) in [6.07, 6.45) is 1.83. The first-order valence-corrected chi connectivity index (χ1v) is 7.04. The topological polar surface area (TPSA) is 43.8 Å². The van der Waals surface area contributed by atoms with Gasteiger partial charge in [0.25, 0.3) is 0 Å². The molecule has 0 atom stereocenters. The van der Waals surface area contributed by atoms with Gasteiger partial charge < -0.3 is 5.73 Å². The zero-order valence-corrected chi connectivity index (χ0v) is 12.0. The summed E-state index contributed by atoms with van der Waals surface area (Å²) in [5.74, 6) is 0.726. The monoisotopic (exact) mass is 281 g/mol. The normalized spacial score (nSPS) is 11.1. The van der Waals surface area contributed by atoms with Gasteiger partial charge in [-0.3, -0.25) is 0 Å². The average molecular weight is 282 g/mol. The van der Waals surface area contributed by atoms with Crippen LogP contribution in [-0.2, 0) is 6.54 Å². The van der Waals surface area contributed by atoms with Crippen molar-refractivity contribution in [3.8, 4) is 0 Å². The Morgan fingerprint density at radius 3 is 2.61 bits per heavy atom. The summed E-state index contributed by atoms with van der Waals surface area (Å²) in [6.45, 7) is 4.95. The highest BCUT2D eigenvalue weighted by atomic mass is 35.5. The molecule has 0 unspecified atom stereocenters. The van der Waals surface area contributed by atoms with Gasteiger partial charge in [0.2, 0.25) is 0 Å². The highest BCUT2D eigenvalue weighted by Crippen LogP contribution is 2.28. The largest absolute Gasteiger partial charge is 0.383 e. The van der Waals surface area contributed by atoms with Gasteiger partial charge in [0, 0.05) is 10.3 Å². The molecule has 2 N–H and O–H groups in total. The van der Waals surface area contributed by atoms with Crippen LogP contribution in [0, 0.1) is 0 Å². The van der Waals surface area contributed by atoms with Crippen LogP contribution in [0.1, 0.15) is 19.4 Å². The second-order valence-corrected chi connectivity index (χ2v) is 6.40. The molecule has 0 spiro atoms. The van der Waals surface area contributed by atoms with Gasteiger partial charge in [0.1, 0.15) is 5.82 Å². The highest BCUT2D eigenvalue weighted by Gasteiger charge is 2.09. The maximum Gasteiger partial charge on any atom is 0.135 e. The lowest BCUT2D eigenvalue weighted by molar-refractivity contribution is 0.696. The molecule has 0 radical (unpaired) electrons. The van der Waals surface area contributed by atoms with Crippen molar-refractivity contribution in [3.63, 3.8) is 0 Å². The van der Waals surface area contributed by atoms with Crippen molar-refractivity contribution in [1.82, 2.24) is 9.78 Å². The number of nitrogen functional groups attached to an aromatic ring is 1. The molecular formula is C13H16ClN3S. The Morgan fingerprint density at radius 1 is 1.33 bits per heavy atom. The number of hydrogen-bond acceptors (Lipinski definition) is 3. The third-order valence-electron chi connectivity index (χ3n) is 2.45. The number of benzene rings is 1. The molecule has 0 saturated carbocycles. The predicted molar refractivity (Wildman–Crippen MR) is 78.2 cm³/mol. The van der Waals surface area contributed by atoms with Crippen LogP contribution in [0.5, 0.6) is 0 Å². The summed E-state index contributed by atoms with van der Waals surface area (Å²) in [5, 5.41) is 5.56. The lowest BCUT2D eigenvalue weighted by Crippen LogP contribution is -2.06. The number of rotatable bonds is 4. The van der Waals surface area contributed by atoms with Crippen LogP contribution in [0.4, 0.5) is 5.82 Å². The molecule has 0 aliphatic carbocycles. The van der Waals surface area contributed by atoms with E-state index in [9.17, 15) is 0 Å². The first-order valence-electron chi connectivity index (χ1n) is 5.78. The summed E-state index contributed by atoms with van der Waals surface area (Å²) in [4.78, 5) is 1.04. The third-order valence-corrected chi connectivity index (χ3v) is 3.75. The molecular weight excluding hydrogens is 266 g/mol. The fourth-order valence-corrected chi connectivity index (χ4v) is 2.58. The molecule has 1 aromatic heterocycles. The minimum absolute atomic E-state index is 0.500. The Hall–Kier alpha value is -1.13. The number of thioether (sulfide) groups is 1. The number of halogens is 1. The molecule has 96 valence electrons. The van der Waals surface area contributed by atoms with E-state index in [0.717, 1.165) is 21.3 Å². The number of hydrogen-bond donors (Lipinski definition) is 1. The standard InChI is InChI=1S/C13H16ClN3S/c1-9(2)18-12-7-16-17(13(12)15)8-10-3-5-11(14)6-4-10/h3-7,9H,8,15H2,1-2H3. The van der Waals surface area contributed by atoms with Gasteiger partial charge in [-0.05, 0) is 17.7 Å². The zero-order valence-electron chi connectivity index (χ0n) is 10.4. The molecule has 0 aliphatic heterocycles. The molecule has 0 bridgehead atoms. The number of nitrogens with zero attached hydrogens (tertiary/aromatic N) is 2. The van der Waals surface area contributed by atoms with Crippen molar-refractivity contribution in [2.24, 2.45) is 0 Å². The van der Waals surface area contributed by atoms with Gasteiger partial charge in [-0.1, -0.05) is 37.6 Å². The molecule has 1 aromatic carbocycles. The van der Waals surface area contributed by atoms with Gasteiger partial charge >= 0.3 is 0 Å². The highest BCUT2D eigenvalue weighted by molar-refractivity contribution is 8.00. The Kier molecular flexibility index (Phi) is 4.19. The summed E-state index contributed by atoms with van der Waals surface area (Å²) < 4.78 is 1.81. The van der Waals surface area contributed by atoms with Crippen molar-refractivity contribution in [3.05, 3.63) is 41.0 Å². The maximum atomic E-state index is 6.08. The Morgan fingerprint density at radius 2 is 2.00 bits per heavy atom. The minimum atomic E-state index is 0.500. The van der Waals surface area contributed by atoms with Crippen molar-refractivity contribution >= 4 is 29.2 Å². The first-order chi connectivity index (χ1) is 8.56. The summed E-state index contributed by atoms with van der Waals surface area (Å²) >= 11 is 7.59. The SMILES string of the molecule is CC(C)Sc1cnn(Cc2ccc(Cl)cc2)c1N. The molecule has 0 fully saturated rings. The van der Waals surface area contributed by atoms with E-state index in [1.165, 1.54) is 0 Å². The van der Waals surface area contributed by atoms with Crippen molar-refractivity contribution in [2.45, 2.75) is 30.5 Å². The lowest BCUT2D eigenvalue weighted by atomic mass is 10.2. The fraction of sp³-hybridized carbons (Fsp3) is 0.308. The fourth-order valence-electron chi connectivity index (χ4n) is 1.61. The first kappa shape index (κ1) is 13.3. The molecule has 18 heavy (non-hydrogen) atoms. The second-order valence-electron chi connectivity index (χ2n) is 4.34. The molecule has 2 aromatic rings. The van der Waals surface area contributed by atoms with E-state index in [-0.39, 0.29) is 0 Å². The van der Waals surface area contributed by atoms with Crippen LogP contribution >= 0.6 is 23.4 Å². The lowest BCUT2D eigenvalue weighted by Gasteiger charge is -2.06. The smallest absolute Gasteiger partial charge is 0.135 e. The second kappa shape index (κ2) is 5.67. The van der Waals surface area contributed by atoms with E-state index in [1.807, 2.05) is 35.1 Å². The van der Waals surface area contributed by atoms with E-state index >= 15 is 0 Å². The van der Waals surface area contributed by atoms with Gasteiger partial charge in [-0.25, -0.2) is 4.68 Å². The quantitative estimate of drug-likeness (QED) is 0.870. The van der Waals surface area contributed by atoms with Crippen LogP contribution in [0.25, 0.3) is 0 Å². The van der Waals surface area contributed by atoms with Gasteiger partial charge in [-0.15, -0.1) is 11.8 Å². The Labute approximate surface area is 116 Å². The molecule has 2 rings (SSSR count). The van der Waals surface area contributed by atoms with E-state index < -0.39 is 0 Å². The minimum Gasteiger partial charge on any atom is -0.383 e. The van der Waals surface area contributed by atoms with Crippen molar-refractivity contribution in [1.29, 1.82) is 0 Å². The molecule has 0 saturated heterocycles. The van der Waals surface area contributed by atoms with Crippen LogP contribution < -0.4 is 5.73 Å². The molecule has 0 aliphatic rings. The summed E-state index contributed by atoms with van der Waals surface area (Å²) in [7, 11) is 0. The van der Waals surface area contributed by atoms with E-state index in [2.05, 4.69) is 18.9 Å². The van der Waals surface area contributed by atoms with E-state index in [0.29, 0.717) is 11.8 Å². The van der Waals surface area contributed by atoms with Crippen LogP contribution in [0.2, 0.25) is 5.02 Å². The van der Waals surface area contributed by atoms with E-state index in [4.69, 9.17) is 17.3 Å². The molecule has 0 amide bonds. The summed E-state index contributed by atoms with van der Waals surface area (Å²) in [6, 6.07) is 7.72. The third kappa shape index (κ3) is 3.21. The van der Waals surface area contributed by atoms with E-state index in [1.54, 1.807) is 11.8 Å². The van der Waals surface area contributed by atoms with Crippen molar-refractivity contribution < 1.29 is 0 Å². The van der Waals surface area contributed by atoms with Gasteiger partial charge in [0.15, 0.2) is 0 Å². The maximum absolute atomic E-state index is 6.08. The van der Waals surface area contributed by atoms with Crippen LogP contribution in [0.3, 0.4) is 0 Å². The predicted octanol–water partition coefficient (Wildman–Crippen LogP) is 3.67. The number of aromatic nitrogens is 2. The van der Waals surface area contributed by atoms with Gasteiger partial charge in [-0.2, -0.15) is 5.10 Å². The molecule has 5 heteroatoms. The van der Waals surface area contributed by atoms with Crippen LogP contribution in [-0.4, -0.2) is 15.0 Å². The van der Waals surface area contributed by atoms with Gasteiger partial charge in [0.05, 0.1) is 17.6 Å². The Bertz CT molecular complexity index is 520. The summed E-state index contributed by atoms with van der Waals surface area (Å²) in [5.41, 5.74) is 7.22. The number of nitrogens with two attached hydrogens (primary N) is 1. The van der Waals surface area contributed by atoms with Crippen molar-refractivity contribution in [2.75, 3.05) is 5.73 Å². The molecule has 1 heterocycles.